The van der Waals surface area contributed by atoms with Crippen LogP contribution in [0.15, 0.2) is 42.5 Å². The summed E-state index contributed by atoms with van der Waals surface area (Å²) in [4.78, 5) is 14.5. The number of hydrogen-bond acceptors (Lipinski definition) is 2. The van der Waals surface area contributed by atoms with Crippen LogP contribution in [0.4, 0.5) is 0 Å². The van der Waals surface area contributed by atoms with E-state index in [1.807, 2.05) is 19.1 Å². The summed E-state index contributed by atoms with van der Waals surface area (Å²) >= 11 is 12.1. The number of benzene rings is 2. The Balaban J connectivity index is 1.58. The normalized spacial score (nSPS) is 15.6. The van der Waals surface area contributed by atoms with Crippen LogP contribution < -0.4 is 5.32 Å². The smallest absolute Gasteiger partial charge is 0.234 e. The molecule has 3 rings (SSSR count). The minimum atomic E-state index is -0.153. The van der Waals surface area contributed by atoms with Crippen LogP contribution in [-0.2, 0) is 17.8 Å². The molecule has 0 aliphatic carbocycles. The fraction of sp³-hybridized carbons (Fsp3) is 0.316. The van der Waals surface area contributed by atoms with Gasteiger partial charge < -0.3 is 5.32 Å². The van der Waals surface area contributed by atoms with Gasteiger partial charge in [-0.1, -0.05) is 53.5 Å². The van der Waals surface area contributed by atoms with Crippen LogP contribution in [0.25, 0.3) is 0 Å². The quantitative estimate of drug-likeness (QED) is 0.882. The lowest BCUT2D eigenvalue weighted by molar-refractivity contribution is -0.123. The Morgan fingerprint density at radius 1 is 1.21 bits per heavy atom. The Kier molecular flexibility index (Phi) is 5.44. The number of carbonyl (C=O) groups excluding carboxylic acids is 1. The zero-order valence-corrected chi connectivity index (χ0v) is 15.1. The Labute approximate surface area is 152 Å². The molecule has 0 unspecified atom stereocenters. The zero-order valence-electron chi connectivity index (χ0n) is 13.6. The van der Waals surface area contributed by atoms with Crippen LogP contribution in [0.1, 0.15) is 29.7 Å². The molecule has 2 aromatic carbocycles. The molecule has 0 saturated heterocycles. The molecule has 1 N–H and O–H groups in total. The summed E-state index contributed by atoms with van der Waals surface area (Å²) in [6.07, 6.45) is 0.988. The van der Waals surface area contributed by atoms with E-state index in [2.05, 4.69) is 28.4 Å². The van der Waals surface area contributed by atoms with Crippen molar-refractivity contribution in [3.8, 4) is 0 Å². The monoisotopic (exact) mass is 362 g/mol. The lowest BCUT2D eigenvalue weighted by Gasteiger charge is -2.28. The molecule has 0 spiro atoms. The molecule has 1 amide bonds. The first-order valence-electron chi connectivity index (χ1n) is 8.06. The summed E-state index contributed by atoms with van der Waals surface area (Å²) in [5.41, 5.74) is 3.57. The number of halogens is 2. The summed E-state index contributed by atoms with van der Waals surface area (Å²) in [7, 11) is 0. The molecule has 3 nitrogen and oxygen atoms in total. The second kappa shape index (κ2) is 7.56. The van der Waals surface area contributed by atoms with Gasteiger partial charge in [0.25, 0.3) is 0 Å². The Morgan fingerprint density at radius 3 is 2.71 bits per heavy atom. The summed E-state index contributed by atoms with van der Waals surface area (Å²) in [5.74, 6) is 0.00731. The average Bonchev–Trinajstić information content (AvgIpc) is 2.54. The molecule has 1 heterocycles. The van der Waals surface area contributed by atoms with E-state index < -0.39 is 0 Å². The van der Waals surface area contributed by atoms with Gasteiger partial charge in [-0.2, -0.15) is 0 Å². The van der Waals surface area contributed by atoms with Gasteiger partial charge in [0.2, 0.25) is 5.91 Å². The van der Waals surface area contributed by atoms with E-state index in [-0.39, 0.29) is 11.9 Å². The van der Waals surface area contributed by atoms with Crippen LogP contribution in [0, 0.1) is 0 Å². The maximum Gasteiger partial charge on any atom is 0.234 e. The van der Waals surface area contributed by atoms with Gasteiger partial charge in [0.05, 0.1) is 12.6 Å². The van der Waals surface area contributed by atoms with Gasteiger partial charge in [0.1, 0.15) is 0 Å². The largest absolute Gasteiger partial charge is 0.348 e. The molecule has 1 atom stereocenters. The first-order valence-corrected chi connectivity index (χ1v) is 8.82. The van der Waals surface area contributed by atoms with Gasteiger partial charge in [-0.3, -0.25) is 9.69 Å². The van der Waals surface area contributed by atoms with Crippen molar-refractivity contribution < 1.29 is 4.79 Å². The molecule has 1 aliphatic rings. The summed E-state index contributed by atoms with van der Waals surface area (Å²) < 4.78 is 0. The number of rotatable bonds is 4. The lowest BCUT2D eigenvalue weighted by atomic mass is 10.00. The van der Waals surface area contributed by atoms with E-state index in [1.54, 1.807) is 12.1 Å². The lowest BCUT2D eigenvalue weighted by Crippen LogP contribution is -2.40. The van der Waals surface area contributed by atoms with Gasteiger partial charge in [-0.25, -0.2) is 0 Å². The molecule has 0 saturated carbocycles. The van der Waals surface area contributed by atoms with Crippen molar-refractivity contribution in [2.75, 3.05) is 13.1 Å². The highest BCUT2D eigenvalue weighted by Crippen LogP contribution is 2.26. The van der Waals surface area contributed by atoms with E-state index in [1.165, 1.54) is 11.1 Å². The maximum absolute atomic E-state index is 12.4. The molecule has 0 aromatic heterocycles. The number of fused-ring (bicyclic) bond motifs is 1. The van der Waals surface area contributed by atoms with Gasteiger partial charge >= 0.3 is 0 Å². The Morgan fingerprint density at radius 2 is 1.96 bits per heavy atom. The van der Waals surface area contributed by atoms with E-state index in [4.69, 9.17) is 23.2 Å². The number of amides is 1. The fourth-order valence-electron chi connectivity index (χ4n) is 3.11. The topological polar surface area (TPSA) is 32.3 Å². The minimum Gasteiger partial charge on any atom is -0.348 e. The molecule has 126 valence electrons. The Bertz CT molecular complexity index is 748. The first-order chi connectivity index (χ1) is 11.5. The van der Waals surface area contributed by atoms with Crippen molar-refractivity contribution in [3.63, 3.8) is 0 Å². The average molecular weight is 363 g/mol. The van der Waals surface area contributed by atoms with E-state index in [9.17, 15) is 4.79 Å². The molecule has 0 bridgehead atoms. The van der Waals surface area contributed by atoms with Crippen molar-refractivity contribution in [1.82, 2.24) is 10.2 Å². The second-order valence-corrected chi connectivity index (χ2v) is 7.03. The maximum atomic E-state index is 12.4. The van der Waals surface area contributed by atoms with Gasteiger partial charge in [-0.15, -0.1) is 0 Å². The van der Waals surface area contributed by atoms with Crippen LogP contribution in [-0.4, -0.2) is 23.9 Å². The van der Waals surface area contributed by atoms with Gasteiger partial charge in [-0.05, 0) is 42.2 Å². The summed E-state index contributed by atoms with van der Waals surface area (Å²) in [6, 6.07) is 13.6. The van der Waals surface area contributed by atoms with Crippen molar-refractivity contribution >= 4 is 29.1 Å². The SMILES string of the molecule is C[C@H](NC(=O)CN1CCc2ccccc2C1)c1ccc(Cl)cc1Cl. The highest BCUT2D eigenvalue weighted by Gasteiger charge is 2.19. The third kappa shape index (κ3) is 4.10. The van der Waals surface area contributed by atoms with E-state index in [0.717, 1.165) is 25.1 Å². The number of carbonyl (C=O) groups is 1. The van der Waals surface area contributed by atoms with Crippen LogP contribution in [0.2, 0.25) is 10.0 Å². The highest BCUT2D eigenvalue weighted by molar-refractivity contribution is 6.35. The molecule has 0 fully saturated rings. The second-order valence-electron chi connectivity index (χ2n) is 6.18. The van der Waals surface area contributed by atoms with Crippen molar-refractivity contribution in [2.45, 2.75) is 25.9 Å². The van der Waals surface area contributed by atoms with Gasteiger partial charge in [0, 0.05) is 23.1 Å². The van der Waals surface area contributed by atoms with Gasteiger partial charge in [0.15, 0.2) is 0 Å². The zero-order chi connectivity index (χ0) is 17.1. The number of nitrogens with one attached hydrogen (secondary N) is 1. The van der Waals surface area contributed by atoms with E-state index in [0.29, 0.717) is 16.6 Å². The van der Waals surface area contributed by atoms with Crippen LogP contribution in [0.3, 0.4) is 0 Å². The highest BCUT2D eigenvalue weighted by atomic mass is 35.5. The minimum absolute atomic E-state index is 0.00731. The van der Waals surface area contributed by atoms with Crippen molar-refractivity contribution in [1.29, 1.82) is 0 Å². The molecule has 24 heavy (non-hydrogen) atoms. The van der Waals surface area contributed by atoms with Crippen molar-refractivity contribution in [2.24, 2.45) is 0 Å². The van der Waals surface area contributed by atoms with E-state index >= 15 is 0 Å². The van der Waals surface area contributed by atoms with Crippen LogP contribution in [0.5, 0.6) is 0 Å². The molecule has 0 radical (unpaired) electrons. The third-order valence-corrected chi connectivity index (χ3v) is 4.95. The molecular formula is C19H20Cl2N2O. The third-order valence-electron chi connectivity index (χ3n) is 4.38. The predicted molar refractivity (Wildman–Crippen MR) is 98.4 cm³/mol. The predicted octanol–water partition coefficient (Wildman–Crippen LogP) is 4.23. The number of hydrogen-bond donors (Lipinski definition) is 1. The fourth-order valence-corrected chi connectivity index (χ4v) is 3.68. The molecule has 1 aliphatic heterocycles. The molecule has 5 heteroatoms. The Hall–Kier alpha value is -1.55. The van der Waals surface area contributed by atoms with Crippen molar-refractivity contribution in [3.05, 3.63) is 69.2 Å². The standard InChI is InChI=1S/C19H20Cl2N2O/c1-13(17-7-6-16(20)10-18(17)21)22-19(24)12-23-9-8-14-4-2-3-5-15(14)11-23/h2-7,10,13H,8-9,11-12H2,1H3,(H,22,24)/t13-/m0/s1. The number of nitrogens with zero attached hydrogens (tertiary/aromatic N) is 1. The molecular weight excluding hydrogens is 343 g/mol. The molecule has 2 aromatic rings. The summed E-state index contributed by atoms with van der Waals surface area (Å²) in [5, 5.41) is 4.18. The van der Waals surface area contributed by atoms with Crippen LogP contribution >= 0.6 is 23.2 Å². The first kappa shape index (κ1) is 17.3. The summed E-state index contributed by atoms with van der Waals surface area (Å²) in [6.45, 7) is 4.04.